The smallest absolute Gasteiger partial charge is 0.317 e. The number of benzene rings is 1. The fourth-order valence-corrected chi connectivity index (χ4v) is 4.23. The van der Waals surface area contributed by atoms with E-state index >= 15 is 0 Å². The average Bonchev–Trinajstić information content (AvgIpc) is 2.91. The maximum absolute atomic E-state index is 12.9. The lowest BCUT2D eigenvalue weighted by atomic mass is 9.90. The topological polar surface area (TPSA) is 76.3 Å². The van der Waals surface area contributed by atoms with Gasteiger partial charge in [0.15, 0.2) is 0 Å². The lowest BCUT2D eigenvalue weighted by Crippen LogP contribution is -2.45. The van der Waals surface area contributed by atoms with Gasteiger partial charge in [0.1, 0.15) is 6.04 Å². The number of piperidine rings is 2. The number of aryl methyl sites for hydroxylation is 1. The lowest BCUT2D eigenvalue weighted by molar-refractivity contribution is -0.149. The molecule has 0 aliphatic carbocycles. The first kappa shape index (κ1) is 19.6. The van der Waals surface area contributed by atoms with Crippen LogP contribution in [0.4, 0.5) is 0 Å². The monoisotopic (exact) mass is 392 g/mol. The van der Waals surface area contributed by atoms with Gasteiger partial charge in [0, 0.05) is 20.5 Å². The molecule has 4 rings (SSSR count). The summed E-state index contributed by atoms with van der Waals surface area (Å²) in [5, 5.41) is 3.37. The molecule has 0 radical (unpaired) electrons. The maximum Gasteiger partial charge on any atom is 0.329 e. The quantitative estimate of drug-likeness (QED) is 0.787. The van der Waals surface area contributed by atoms with Gasteiger partial charge in [-0.05, 0) is 56.0 Å². The van der Waals surface area contributed by atoms with Crippen molar-refractivity contribution in [2.45, 2.75) is 37.6 Å². The van der Waals surface area contributed by atoms with E-state index in [-0.39, 0.29) is 36.3 Å². The molecule has 1 aromatic heterocycles. The highest BCUT2D eigenvalue weighted by Crippen LogP contribution is 2.30. The molecule has 0 spiro atoms. The summed E-state index contributed by atoms with van der Waals surface area (Å²) in [7, 11) is 3.23. The van der Waals surface area contributed by atoms with Crippen LogP contribution in [0.5, 0.6) is 0 Å². The van der Waals surface area contributed by atoms with E-state index in [9.17, 15) is 14.4 Å². The molecule has 8 heteroatoms. The normalized spacial score (nSPS) is 21.6. The van der Waals surface area contributed by atoms with Gasteiger partial charge in [0.25, 0.3) is 5.91 Å². The molecule has 2 aliphatic rings. The molecule has 2 aromatic rings. The van der Waals surface area contributed by atoms with Crippen molar-refractivity contribution < 1.29 is 9.59 Å². The Bertz CT molecular complexity index is 942. The maximum atomic E-state index is 12.9. The molecule has 2 fully saturated rings. The van der Waals surface area contributed by atoms with Crippen molar-refractivity contribution in [2.24, 2.45) is 7.05 Å². The van der Waals surface area contributed by atoms with Crippen LogP contribution >= 0.6 is 12.4 Å². The Morgan fingerprint density at radius 1 is 1.00 bits per heavy atom. The summed E-state index contributed by atoms with van der Waals surface area (Å²) in [4.78, 5) is 38.4. The van der Waals surface area contributed by atoms with Gasteiger partial charge < -0.3 is 5.32 Å². The highest BCUT2D eigenvalue weighted by Gasteiger charge is 2.35. The number of hydrogen-bond donors (Lipinski definition) is 1. The summed E-state index contributed by atoms with van der Waals surface area (Å²) in [5.41, 5.74) is 2.65. The average molecular weight is 393 g/mol. The first-order valence-electron chi connectivity index (χ1n) is 9.21. The van der Waals surface area contributed by atoms with Crippen LogP contribution in [0.15, 0.2) is 23.0 Å². The Morgan fingerprint density at radius 3 is 2.41 bits per heavy atom. The number of nitrogens with one attached hydrogen (secondary N) is 1. The van der Waals surface area contributed by atoms with Crippen molar-refractivity contribution >= 4 is 35.3 Å². The summed E-state index contributed by atoms with van der Waals surface area (Å²) in [6, 6.07) is 5.51. The number of imidazole rings is 1. The zero-order valence-electron chi connectivity index (χ0n) is 15.6. The Hall–Kier alpha value is -2.12. The molecule has 3 heterocycles. The molecule has 1 unspecified atom stereocenters. The fourth-order valence-electron chi connectivity index (χ4n) is 4.23. The van der Waals surface area contributed by atoms with E-state index in [4.69, 9.17) is 0 Å². The van der Waals surface area contributed by atoms with E-state index in [0.717, 1.165) is 41.9 Å². The van der Waals surface area contributed by atoms with Crippen LogP contribution in [0.3, 0.4) is 0 Å². The molecular weight excluding hydrogens is 368 g/mol. The number of fused-ring (bicyclic) bond motifs is 1. The molecule has 7 nitrogen and oxygen atoms in total. The van der Waals surface area contributed by atoms with Gasteiger partial charge in [0.05, 0.1) is 11.0 Å². The third kappa shape index (κ3) is 3.19. The Balaban J connectivity index is 0.00000210. The molecule has 0 saturated carbocycles. The predicted octanol–water partition coefficient (Wildman–Crippen LogP) is 1.55. The molecule has 1 aromatic carbocycles. The zero-order chi connectivity index (χ0) is 18.4. The van der Waals surface area contributed by atoms with Crippen LogP contribution in [-0.2, 0) is 16.6 Å². The Morgan fingerprint density at radius 2 is 1.70 bits per heavy atom. The molecule has 2 aliphatic heterocycles. The Kier molecular flexibility index (Phi) is 5.44. The highest BCUT2D eigenvalue weighted by atomic mass is 35.5. The van der Waals surface area contributed by atoms with Crippen LogP contribution < -0.4 is 11.0 Å². The molecule has 1 atom stereocenters. The van der Waals surface area contributed by atoms with Crippen molar-refractivity contribution in [1.29, 1.82) is 0 Å². The van der Waals surface area contributed by atoms with Crippen LogP contribution in [0.1, 0.15) is 43.2 Å². The van der Waals surface area contributed by atoms with Crippen molar-refractivity contribution in [3.05, 3.63) is 34.2 Å². The number of likely N-dealkylation sites (N-methyl/N-ethyl adjacent to an activating group) is 1. The molecule has 27 heavy (non-hydrogen) atoms. The first-order valence-corrected chi connectivity index (χ1v) is 9.21. The SMILES string of the molecule is CN1C(=O)CCC(n2c(=O)n(C)c3cc(C4CCNCC4)ccc32)C1=O.Cl. The molecule has 1 N–H and O–H groups in total. The standard InChI is InChI=1S/C19H24N4O3.ClH/c1-21-16-11-13(12-7-9-20-10-8-12)3-4-14(16)23(19(21)26)15-5-6-17(24)22(2)18(15)25;/h3-4,11-12,15,20H,5-10H2,1-2H3;1H. The van der Waals surface area contributed by atoms with Gasteiger partial charge in [-0.1, -0.05) is 6.07 Å². The summed E-state index contributed by atoms with van der Waals surface area (Å²) in [6.07, 6.45) is 2.84. The second kappa shape index (κ2) is 7.48. The molecule has 0 bridgehead atoms. The van der Waals surface area contributed by atoms with Crippen LogP contribution in [-0.4, -0.2) is 46.0 Å². The number of rotatable bonds is 2. The largest absolute Gasteiger partial charge is 0.329 e. The second-order valence-corrected chi connectivity index (χ2v) is 7.33. The lowest BCUT2D eigenvalue weighted by Gasteiger charge is -2.28. The number of aromatic nitrogens is 2. The Labute approximate surface area is 163 Å². The first-order chi connectivity index (χ1) is 12.5. The van der Waals surface area contributed by atoms with E-state index in [1.165, 1.54) is 12.6 Å². The number of hydrogen-bond acceptors (Lipinski definition) is 4. The van der Waals surface area contributed by atoms with Gasteiger partial charge in [-0.25, -0.2) is 4.79 Å². The van der Waals surface area contributed by atoms with Crippen LogP contribution in [0.2, 0.25) is 0 Å². The van der Waals surface area contributed by atoms with E-state index in [1.807, 2.05) is 6.07 Å². The predicted molar refractivity (Wildman–Crippen MR) is 105 cm³/mol. The van der Waals surface area contributed by atoms with Crippen molar-refractivity contribution in [1.82, 2.24) is 19.4 Å². The van der Waals surface area contributed by atoms with Gasteiger partial charge in [-0.15, -0.1) is 12.4 Å². The minimum Gasteiger partial charge on any atom is -0.317 e. The molecule has 2 saturated heterocycles. The number of nitrogens with zero attached hydrogens (tertiary/aromatic N) is 3. The van der Waals surface area contributed by atoms with Crippen molar-refractivity contribution in [3.63, 3.8) is 0 Å². The number of likely N-dealkylation sites (tertiary alicyclic amines) is 1. The van der Waals surface area contributed by atoms with Crippen LogP contribution in [0, 0.1) is 0 Å². The van der Waals surface area contributed by atoms with Crippen LogP contribution in [0.25, 0.3) is 11.0 Å². The van der Waals surface area contributed by atoms with E-state index in [2.05, 4.69) is 17.4 Å². The van der Waals surface area contributed by atoms with Gasteiger partial charge in [0.2, 0.25) is 5.91 Å². The molecular formula is C19H25ClN4O3. The molecule has 2 amide bonds. The minimum absolute atomic E-state index is 0. The van der Waals surface area contributed by atoms with Gasteiger partial charge in [-0.2, -0.15) is 0 Å². The van der Waals surface area contributed by atoms with Gasteiger partial charge in [-0.3, -0.25) is 23.6 Å². The minimum atomic E-state index is -0.612. The summed E-state index contributed by atoms with van der Waals surface area (Å²) >= 11 is 0. The number of halogens is 1. The van der Waals surface area contributed by atoms with Crippen molar-refractivity contribution in [2.75, 3.05) is 20.1 Å². The van der Waals surface area contributed by atoms with Crippen molar-refractivity contribution in [3.8, 4) is 0 Å². The number of amides is 2. The number of carbonyl (C=O) groups is 2. The fraction of sp³-hybridized carbons (Fsp3) is 0.526. The third-order valence-corrected chi connectivity index (χ3v) is 5.86. The second-order valence-electron chi connectivity index (χ2n) is 7.33. The zero-order valence-corrected chi connectivity index (χ0v) is 16.4. The van der Waals surface area contributed by atoms with E-state index in [1.54, 1.807) is 16.2 Å². The van der Waals surface area contributed by atoms with Gasteiger partial charge >= 0.3 is 5.69 Å². The number of carbonyl (C=O) groups excluding carboxylic acids is 2. The summed E-state index contributed by atoms with van der Waals surface area (Å²) < 4.78 is 3.18. The number of imide groups is 1. The van der Waals surface area contributed by atoms with E-state index < -0.39 is 6.04 Å². The third-order valence-electron chi connectivity index (χ3n) is 5.86. The summed E-state index contributed by atoms with van der Waals surface area (Å²) in [5.74, 6) is 0.00480. The molecule has 146 valence electrons. The highest BCUT2D eigenvalue weighted by molar-refractivity contribution is 5.99. The van der Waals surface area contributed by atoms with E-state index in [0.29, 0.717) is 12.3 Å². The summed E-state index contributed by atoms with van der Waals surface area (Å²) in [6.45, 7) is 2.03.